The van der Waals surface area contributed by atoms with Gasteiger partial charge in [0.05, 0.1) is 17.3 Å². The van der Waals surface area contributed by atoms with Crippen LogP contribution in [0, 0.1) is 6.92 Å². The van der Waals surface area contributed by atoms with Gasteiger partial charge in [0.2, 0.25) is 0 Å². The Bertz CT molecular complexity index is 443. The normalized spacial score (nSPS) is 10.6. The predicted octanol–water partition coefficient (Wildman–Crippen LogP) is 2.94. The SMILES string of the molecule is Cc1nn(Cc2ccc(Cl)nc2)cc1Cl. The van der Waals surface area contributed by atoms with Crippen LogP contribution in [-0.2, 0) is 6.54 Å². The Morgan fingerprint density at radius 1 is 1.33 bits per heavy atom. The van der Waals surface area contributed by atoms with Gasteiger partial charge in [-0.15, -0.1) is 0 Å². The van der Waals surface area contributed by atoms with Gasteiger partial charge in [0.1, 0.15) is 5.15 Å². The third kappa shape index (κ3) is 2.49. The lowest BCUT2D eigenvalue weighted by molar-refractivity contribution is 0.677. The first-order chi connectivity index (χ1) is 7.15. The second-order valence-electron chi connectivity index (χ2n) is 3.25. The number of pyridine rings is 1. The standard InChI is InChI=1S/C10H9Cl2N3/c1-7-9(11)6-15(14-7)5-8-2-3-10(12)13-4-8/h2-4,6H,5H2,1H3. The molecule has 5 heteroatoms. The van der Waals surface area contributed by atoms with E-state index in [1.807, 2.05) is 13.0 Å². The summed E-state index contributed by atoms with van der Waals surface area (Å²) in [6.07, 6.45) is 3.53. The molecule has 15 heavy (non-hydrogen) atoms. The van der Waals surface area contributed by atoms with Gasteiger partial charge in [0.15, 0.2) is 0 Å². The Hall–Kier alpha value is -1.06. The first-order valence-corrected chi connectivity index (χ1v) is 5.21. The molecule has 0 atom stereocenters. The van der Waals surface area contributed by atoms with Crippen LogP contribution in [0.4, 0.5) is 0 Å². The minimum atomic E-state index is 0.494. The van der Waals surface area contributed by atoms with Gasteiger partial charge in [0, 0.05) is 12.4 Å². The van der Waals surface area contributed by atoms with Gasteiger partial charge in [-0.3, -0.25) is 4.68 Å². The molecule has 78 valence electrons. The van der Waals surface area contributed by atoms with Gasteiger partial charge < -0.3 is 0 Å². The van der Waals surface area contributed by atoms with Crippen LogP contribution in [0.15, 0.2) is 24.5 Å². The summed E-state index contributed by atoms with van der Waals surface area (Å²) in [4.78, 5) is 4.00. The molecule has 0 saturated heterocycles. The summed E-state index contributed by atoms with van der Waals surface area (Å²) in [5.41, 5.74) is 1.87. The molecule has 0 amide bonds. The second kappa shape index (κ2) is 4.21. The number of hydrogen-bond donors (Lipinski definition) is 0. The fourth-order valence-electron chi connectivity index (χ4n) is 1.26. The fraction of sp³-hybridized carbons (Fsp3) is 0.200. The quantitative estimate of drug-likeness (QED) is 0.758. The third-order valence-corrected chi connectivity index (χ3v) is 2.61. The number of aryl methyl sites for hydroxylation is 1. The van der Waals surface area contributed by atoms with Crippen molar-refractivity contribution < 1.29 is 0 Å². The van der Waals surface area contributed by atoms with Crippen molar-refractivity contribution in [3.8, 4) is 0 Å². The molecule has 0 bridgehead atoms. The van der Waals surface area contributed by atoms with E-state index >= 15 is 0 Å². The summed E-state index contributed by atoms with van der Waals surface area (Å²) in [6.45, 7) is 2.52. The number of nitrogens with zero attached hydrogens (tertiary/aromatic N) is 3. The zero-order valence-electron chi connectivity index (χ0n) is 8.11. The maximum atomic E-state index is 5.90. The van der Waals surface area contributed by atoms with Crippen molar-refractivity contribution >= 4 is 23.2 Å². The summed E-state index contributed by atoms with van der Waals surface area (Å²) in [5, 5.41) is 5.42. The molecule has 2 heterocycles. The molecule has 2 rings (SSSR count). The fourth-order valence-corrected chi connectivity index (χ4v) is 1.52. The highest BCUT2D eigenvalue weighted by Crippen LogP contribution is 2.13. The zero-order valence-corrected chi connectivity index (χ0v) is 9.63. The largest absolute Gasteiger partial charge is 0.266 e. The molecule has 0 aliphatic rings. The molecule has 0 aliphatic carbocycles. The van der Waals surface area contributed by atoms with E-state index in [9.17, 15) is 0 Å². The van der Waals surface area contributed by atoms with Crippen molar-refractivity contribution in [3.05, 3.63) is 46.0 Å². The van der Waals surface area contributed by atoms with Crippen LogP contribution >= 0.6 is 23.2 Å². The van der Waals surface area contributed by atoms with E-state index in [-0.39, 0.29) is 0 Å². The molecule has 0 radical (unpaired) electrons. The monoisotopic (exact) mass is 241 g/mol. The number of rotatable bonds is 2. The number of aromatic nitrogens is 3. The molecular formula is C10H9Cl2N3. The lowest BCUT2D eigenvalue weighted by Crippen LogP contribution is -2.00. The second-order valence-corrected chi connectivity index (χ2v) is 4.04. The van der Waals surface area contributed by atoms with Crippen molar-refractivity contribution in [3.63, 3.8) is 0 Å². The topological polar surface area (TPSA) is 30.7 Å². The molecule has 0 unspecified atom stereocenters. The maximum absolute atomic E-state index is 5.90. The molecule has 0 N–H and O–H groups in total. The van der Waals surface area contributed by atoms with Crippen LogP contribution in [0.3, 0.4) is 0 Å². The van der Waals surface area contributed by atoms with Gasteiger partial charge in [-0.1, -0.05) is 29.3 Å². The first kappa shape index (κ1) is 10.5. The van der Waals surface area contributed by atoms with Crippen molar-refractivity contribution in [2.45, 2.75) is 13.5 Å². The Morgan fingerprint density at radius 2 is 2.13 bits per heavy atom. The Morgan fingerprint density at radius 3 is 2.67 bits per heavy atom. The van der Waals surface area contributed by atoms with Gasteiger partial charge in [0.25, 0.3) is 0 Å². The van der Waals surface area contributed by atoms with Gasteiger partial charge in [-0.05, 0) is 18.6 Å². The van der Waals surface area contributed by atoms with E-state index in [0.717, 1.165) is 11.3 Å². The summed E-state index contributed by atoms with van der Waals surface area (Å²) in [7, 11) is 0. The predicted molar refractivity (Wildman–Crippen MR) is 60.3 cm³/mol. The number of hydrogen-bond acceptors (Lipinski definition) is 2. The molecule has 0 aliphatic heterocycles. The first-order valence-electron chi connectivity index (χ1n) is 4.45. The summed E-state index contributed by atoms with van der Waals surface area (Å²) < 4.78 is 1.78. The molecular weight excluding hydrogens is 233 g/mol. The lowest BCUT2D eigenvalue weighted by Gasteiger charge is -2.00. The zero-order chi connectivity index (χ0) is 10.8. The molecule has 0 aromatic carbocycles. The van der Waals surface area contributed by atoms with Gasteiger partial charge >= 0.3 is 0 Å². The highest BCUT2D eigenvalue weighted by molar-refractivity contribution is 6.31. The molecule has 0 spiro atoms. The minimum Gasteiger partial charge on any atom is -0.266 e. The van der Waals surface area contributed by atoms with Crippen LogP contribution in [-0.4, -0.2) is 14.8 Å². The highest BCUT2D eigenvalue weighted by Gasteiger charge is 2.02. The molecule has 0 saturated carbocycles. The summed E-state index contributed by atoms with van der Waals surface area (Å²) in [6, 6.07) is 3.68. The van der Waals surface area contributed by atoms with Crippen LogP contribution < -0.4 is 0 Å². The summed E-state index contributed by atoms with van der Waals surface area (Å²) in [5.74, 6) is 0. The van der Waals surface area contributed by atoms with E-state index in [0.29, 0.717) is 16.7 Å². The van der Waals surface area contributed by atoms with E-state index in [1.165, 1.54) is 0 Å². The van der Waals surface area contributed by atoms with E-state index in [4.69, 9.17) is 23.2 Å². The molecule has 3 nitrogen and oxygen atoms in total. The van der Waals surface area contributed by atoms with E-state index in [2.05, 4.69) is 10.1 Å². The van der Waals surface area contributed by atoms with Gasteiger partial charge in [-0.2, -0.15) is 5.10 Å². The number of halogens is 2. The van der Waals surface area contributed by atoms with Crippen LogP contribution in [0.2, 0.25) is 10.2 Å². The van der Waals surface area contributed by atoms with Gasteiger partial charge in [-0.25, -0.2) is 4.98 Å². The van der Waals surface area contributed by atoms with Crippen molar-refractivity contribution in [1.82, 2.24) is 14.8 Å². The van der Waals surface area contributed by atoms with Crippen molar-refractivity contribution in [2.75, 3.05) is 0 Å². The van der Waals surface area contributed by atoms with Crippen LogP contribution in [0.25, 0.3) is 0 Å². The Labute approximate surface area is 97.7 Å². The minimum absolute atomic E-state index is 0.494. The Balaban J connectivity index is 2.18. The summed E-state index contributed by atoms with van der Waals surface area (Å²) >= 11 is 11.6. The van der Waals surface area contributed by atoms with Crippen molar-refractivity contribution in [2.24, 2.45) is 0 Å². The van der Waals surface area contributed by atoms with Crippen LogP contribution in [0.1, 0.15) is 11.3 Å². The lowest BCUT2D eigenvalue weighted by atomic mass is 10.3. The van der Waals surface area contributed by atoms with E-state index < -0.39 is 0 Å². The smallest absolute Gasteiger partial charge is 0.129 e. The van der Waals surface area contributed by atoms with Crippen LogP contribution in [0.5, 0.6) is 0 Å². The average Bonchev–Trinajstić information content (AvgIpc) is 2.50. The third-order valence-electron chi connectivity index (χ3n) is 2.02. The average molecular weight is 242 g/mol. The molecule has 0 fully saturated rings. The molecule has 2 aromatic rings. The van der Waals surface area contributed by atoms with E-state index in [1.54, 1.807) is 23.1 Å². The maximum Gasteiger partial charge on any atom is 0.129 e. The highest BCUT2D eigenvalue weighted by atomic mass is 35.5. The molecule has 2 aromatic heterocycles. The van der Waals surface area contributed by atoms with Crippen molar-refractivity contribution in [1.29, 1.82) is 0 Å². The Kier molecular flexibility index (Phi) is 2.93.